The van der Waals surface area contributed by atoms with Crippen LogP contribution in [-0.4, -0.2) is 64.8 Å². The number of hydrogen-bond donors (Lipinski definition) is 5. The van der Waals surface area contributed by atoms with Crippen molar-refractivity contribution in [2.75, 3.05) is 13.7 Å². The predicted octanol–water partition coefficient (Wildman–Crippen LogP) is -1.68. The third-order valence-electron chi connectivity index (χ3n) is 3.31. The van der Waals surface area contributed by atoms with Gasteiger partial charge in [-0.25, -0.2) is 0 Å². The summed E-state index contributed by atoms with van der Waals surface area (Å²) in [6, 6.07) is 3.53. The summed E-state index contributed by atoms with van der Waals surface area (Å²) < 4.78 is 16.0. The molecule has 0 bridgehead atoms. The van der Waals surface area contributed by atoms with Crippen molar-refractivity contribution >= 4 is 0 Å². The van der Waals surface area contributed by atoms with Crippen LogP contribution >= 0.6 is 0 Å². The molecule has 21 heavy (non-hydrogen) atoms. The van der Waals surface area contributed by atoms with Crippen molar-refractivity contribution in [3.63, 3.8) is 0 Å². The highest BCUT2D eigenvalue weighted by Crippen LogP contribution is 2.23. The van der Waals surface area contributed by atoms with Crippen molar-refractivity contribution in [3.05, 3.63) is 23.7 Å². The van der Waals surface area contributed by atoms with Crippen molar-refractivity contribution in [2.24, 2.45) is 0 Å². The van der Waals surface area contributed by atoms with E-state index in [2.05, 4.69) is 5.32 Å². The molecule has 1 fully saturated rings. The summed E-state index contributed by atoms with van der Waals surface area (Å²) in [5, 5.41) is 41.1. The lowest BCUT2D eigenvalue weighted by atomic mass is 9.99. The van der Waals surface area contributed by atoms with Gasteiger partial charge in [-0.15, -0.1) is 0 Å². The summed E-state index contributed by atoms with van der Waals surface area (Å²) in [5.41, 5.74) is 0. The highest BCUT2D eigenvalue weighted by molar-refractivity contribution is 5.06. The molecule has 0 saturated carbocycles. The van der Waals surface area contributed by atoms with Crippen LogP contribution in [-0.2, 0) is 22.6 Å². The van der Waals surface area contributed by atoms with E-state index in [4.69, 9.17) is 19.0 Å². The molecule has 8 nitrogen and oxygen atoms in total. The first-order chi connectivity index (χ1) is 10.1. The van der Waals surface area contributed by atoms with Crippen LogP contribution in [0.2, 0.25) is 0 Å². The normalized spacial score (nSPS) is 33.3. The number of furan rings is 1. The van der Waals surface area contributed by atoms with Crippen LogP contribution in [0.3, 0.4) is 0 Å². The van der Waals surface area contributed by atoms with E-state index in [1.165, 1.54) is 0 Å². The molecule has 0 amide bonds. The zero-order valence-electron chi connectivity index (χ0n) is 11.7. The molecule has 1 aliphatic rings. The Balaban J connectivity index is 1.91. The van der Waals surface area contributed by atoms with Gasteiger partial charge in [0.2, 0.25) is 0 Å². The molecule has 120 valence electrons. The van der Waals surface area contributed by atoms with Gasteiger partial charge in [-0.05, 0) is 19.2 Å². The summed E-state index contributed by atoms with van der Waals surface area (Å²) in [4.78, 5) is 0. The van der Waals surface area contributed by atoms with Crippen molar-refractivity contribution in [1.29, 1.82) is 0 Å². The molecule has 2 rings (SSSR count). The predicted molar refractivity (Wildman–Crippen MR) is 70.0 cm³/mol. The standard InChI is InChI=1S/C13H21NO7/c1-14-4-7-2-3-8(20-7)6-19-13-12(18)11(17)10(16)9(5-15)21-13/h2-3,9-18H,4-6H2,1H3/t9-,10-,11+,12-,13+/m1/s1. The van der Waals surface area contributed by atoms with Gasteiger partial charge in [0.15, 0.2) is 6.29 Å². The van der Waals surface area contributed by atoms with Gasteiger partial charge in [-0.1, -0.05) is 0 Å². The maximum atomic E-state index is 9.81. The Bertz CT molecular complexity index is 436. The van der Waals surface area contributed by atoms with E-state index in [1.807, 2.05) is 0 Å². The summed E-state index contributed by atoms with van der Waals surface area (Å²) in [6.07, 6.45) is -6.38. The number of rotatable bonds is 6. The van der Waals surface area contributed by atoms with Crippen LogP contribution in [0.5, 0.6) is 0 Å². The van der Waals surface area contributed by atoms with Crippen molar-refractivity contribution in [1.82, 2.24) is 5.32 Å². The molecular weight excluding hydrogens is 282 g/mol. The van der Waals surface area contributed by atoms with E-state index < -0.39 is 37.3 Å². The Kier molecular flexibility index (Phi) is 5.71. The maximum Gasteiger partial charge on any atom is 0.187 e. The van der Waals surface area contributed by atoms with Crippen LogP contribution in [0.15, 0.2) is 16.5 Å². The SMILES string of the molecule is CNCc1ccc(CO[C@H]2O[C@H](CO)[C@@H](O)[C@H](O)[C@H]2O)o1. The summed E-state index contributed by atoms with van der Waals surface area (Å²) in [5.74, 6) is 1.28. The van der Waals surface area contributed by atoms with Gasteiger partial charge in [0.05, 0.1) is 13.2 Å². The number of aliphatic hydroxyl groups is 4. The molecule has 1 saturated heterocycles. The molecule has 0 spiro atoms. The van der Waals surface area contributed by atoms with E-state index in [0.717, 1.165) is 5.76 Å². The van der Waals surface area contributed by atoms with Gasteiger partial charge >= 0.3 is 0 Å². The molecule has 5 atom stereocenters. The second-order valence-electron chi connectivity index (χ2n) is 4.91. The van der Waals surface area contributed by atoms with Gasteiger partial charge in [0, 0.05) is 0 Å². The molecule has 0 aromatic carbocycles. The molecule has 0 aliphatic carbocycles. The average Bonchev–Trinajstić information content (AvgIpc) is 2.92. The van der Waals surface area contributed by atoms with E-state index in [9.17, 15) is 15.3 Å². The first-order valence-corrected chi connectivity index (χ1v) is 6.71. The minimum Gasteiger partial charge on any atom is -0.462 e. The zero-order valence-corrected chi connectivity index (χ0v) is 11.7. The van der Waals surface area contributed by atoms with E-state index in [0.29, 0.717) is 12.3 Å². The van der Waals surface area contributed by atoms with Gasteiger partial charge in [-0.3, -0.25) is 0 Å². The molecule has 0 unspecified atom stereocenters. The Hall–Kier alpha value is -1.00. The second kappa shape index (κ2) is 7.32. The lowest BCUT2D eigenvalue weighted by Gasteiger charge is -2.39. The molecule has 5 N–H and O–H groups in total. The van der Waals surface area contributed by atoms with Crippen LogP contribution in [0.1, 0.15) is 11.5 Å². The van der Waals surface area contributed by atoms with Crippen LogP contribution < -0.4 is 5.32 Å². The van der Waals surface area contributed by atoms with Gasteiger partial charge in [0.1, 0.15) is 42.5 Å². The number of hydrogen-bond acceptors (Lipinski definition) is 8. The number of nitrogens with one attached hydrogen (secondary N) is 1. The van der Waals surface area contributed by atoms with Gasteiger partial charge < -0.3 is 39.6 Å². The van der Waals surface area contributed by atoms with E-state index >= 15 is 0 Å². The molecule has 1 aromatic heterocycles. The van der Waals surface area contributed by atoms with Gasteiger partial charge in [0.25, 0.3) is 0 Å². The first-order valence-electron chi connectivity index (χ1n) is 6.71. The summed E-state index contributed by atoms with van der Waals surface area (Å²) in [6.45, 7) is 0.129. The highest BCUT2D eigenvalue weighted by atomic mass is 16.7. The second-order valence-corrected chi connectivity index (χ2v) is 4.91. The molecule has 0 radical (unpaired) electrons. The maximum absolute atomic E-state index is 9.81. The lowest BCUT2D eigenvalue weighted by Crippen LogP contribution is -2.59. The fourth-order valence-electron chi connectivity index (χ4n) is 2.14. The lowest BCUT2D eigenvalue weighted by molar-refractivity contribution is -0.304. The Morgan fingerprint density at radius 3 is 2.52 bits per heavy atom. The van der Waals surface area contributed by atoms with Gasteiger partial charge in [-0.2, -0.15) is 0 Å². The minimum absolute atomic E-state index is 0.0341. The molecular formula is C13H21NO7. The van der Waals surface area contributed by atoms with Crippen LogP contribution in [0, 0.1) is 0 Å². The minimum atomic E-state index is -1.45. The fourth-order valence-corrected chi connectivity index (χ4v) is 2.14. The van der Waals surface area contributed by atoms with Crippen molar-refractivity contribution in [3.8, 4) is 0 Å². The summed E-state index contributed by atoms with van der Waals surface area (Å²) in [7, 11) is 1.80. The van der Waals surface area contributed by atoms with E-state index in [-0.39, 0.29) is 6.61 Å². The third kappa shape index (κ3) is 3.80. The van der Waals surface area contributed by atoms with Crippen LogP contribution in [0.25, 0.3) is 0 Å². The number of ether oxygens (including phenoxy) is 2. The smallest absolute Gasteiger partial charge is 0.187 e. The number of aliphatic hydroxyl groups excluding tert-OH is 4. The summed E-state index contributed by atoms with van der Waals surface area (Å²) >= 11 is 0. The zero-order chi connectivity index (χ0) is 15.4. The Morgan fingerprint density at radius 1 is 1.14 bits per heavy atom. The Morgan fingerprint density at radius 2 is 1.86 bits per heavy atom. The largest absolute Gasteiger partial charge is 0.462 e. The molecule has 8 heteroatoms. The van der Waals surface area contributed by atoms with Crippen molar-refractivity contribution < 1.29 is 34.3 Å². The quantitative estimate of drug-likeness (QED) is 0.422. The molecule has 1 aromatic rings. The van der Waals surface area contributed by atoms with Crippen molar-refractivity contribution in [2.45, 2.75) is 43.9 Å². The third-order valence-corrected chi connectivity index (χ3v) is 3.31. The van der Waals surface area contributed by atoms with Crippen LogP contribution in [0.4, 0.5) is 0 Å². The molecule has 1 aliphatic heterocycles. The molecule has 2 heterocycles. The topological polar surface area (TPSA) is 125 Å². The fraction of sp³-hybridized carbons (Fsp3) is 0.692. The Labute approximate surface area is 121 Å². The monoisotopic (exact) mass is 303 g/mol. The van der Waals surface area contributed by atoms with E-state index in [1.54, 1.807) is 19.2 Å². The first kappa shape index (κ1) is 16.4. The average molecular weight is 303 g/mol. The highest BCUT2D eigenvalue weighted by Gasteiger charge is 2.44.